The van der Waals surface area contributed by atoms with Gasteiger partial charge >= 0.3 is 0 Å². The molecule has 0 radical (unpaired) electrons. The number of methoxy groups -OCH3 is 2. The van der Waals surface area contributed by atoms with Crippen LogP contribution in [0.15, 0.2) is 40.9 Å². The lowest BCUT2D eigenvalue weighted by Crippen LogP contribution is -2.05. The van der Waals surface area contributed by atoms with E-state index in [4.69, 9.17) is 15.2 Å². The predicted octanol–water partition coefficient (Wildman–Crippen LogP) is 3.28. The Labute approximate surface area is 125 Å². The van der Waals surface area contributed by atoms with E-state index in [0.717, 1.165) is 0 Å². The summed E-state index contributed by atoms with van der Waals surface area (Å²) < 4.78 is 11.1. The molecular weight excluding hydrogens is 322 g/mol. The quantitative estimate of drug-likeness (QED) is 0.688. The standard InChI is InChI=1S/C15H14BrNO3/c1-19-13-6-4-10(17)8-11(13)15(18)9-3-5-14(20-2)12(16)7-9/h3-8H,17H2,1-2H3. The first-order chi connectivity index (χ1) is 9.56. The van der Waals surface area contributed by atoms with Crippen molar-refractivity contribution in [2.75, 3.05) is 20.0 Å². The minimum atomic E-state index is -0.155. The molecule has 0 unspecified atom stereocenters. The van der Waals surface area contributed by atoms with Crippen molar-refractivity contribution in [3.05, 3.63) is 52.0 Å². The van der Waals surface area contributed by atoms with E-state index in [1.165, 1.54) is 7.11 Å². The van der Waals surface area contributed by atoms with Crippen LogP contribution in [0.4, 0.5) is 5.69 Å². The van der Waals surface area contributed by atoms with E-state index in [0.29, 0.717) is 32.8 Å². The zero-order valence-electron chi connectivity index (χ0n) is 11.1. The van der Waals surface area contributed by atoms with Crippen molar-refractivity contribution in [3.63, 3.8) is 0 Å². The molecule has 0 saturated heterocycles. The largest absolute Gasteiger partial charge is 0.496 e. The maximum Gasteiger partial charge on any atom is 0.196 e. The Morgan fingerprint density at radius 3 is 2.30 bits per heavy atom. The second kappa shape index (κ2) is 5.96. The first-order valence-corrected chi connectivity index (χ1v) is 6.68. The van der Waals surface area contributed by atoms with E-state index in [9.17, 15) is 4.79 Å². The molecule has 0 atom stereocenters. The molecule has 104 valence electrons. The number of nitrogens with two attached hydrogens (primary N) is 1. The summed E-state index contributed by atoms with van der Waals surface area (Å²) in [6.45, 7) is 0. The van der Waals surface area contributed by atoms with Crippen LogP contribution in [-0.4, -0.2) is 20.0 Å². The minimum absolute atomic E-state index is 0.155. The molecule has 2 aromatic rings. The molecule has 0 aliphatic rings. The summed E-state index contributed by atoms with van der Waals surface area (Å²) in [6.07, 6.45) is 0. The topological polar surface area (TPSA) is 61.5 Å². The Bertz CT molecular complexity index is 656. The van der Waals surface area contributed by atoms with Gasteiger partial charge in [0.2, 0.25) is 0 Å². The van der Waals surface area contributed by atoms with Crippen LogP contribution in [0.5, 0.6) is 11.5 Å². The molecule has 20 heavy (non-hydrogen) atoms. The Kier molecular flexibility index (Phi) is 4.29. The molecule has 2 N–H and O–H groups in total. The summed E-state index contributed by atoms with van der Waals surface area (Å²) in [5.41, 5.74) is 7.22. The van der Waals surface area contributed by atoms with E-state index in [1.807, 2.05) is 0 Å². The summed E-state index contributed by atoms with van der Waals surface area (Å²) in [5, 5.41) is 0. The first-order valence-electron chi connectivity index (χ1n) is 5.88. The summed E-state index contributed by atoms with van der Waals surface area (Å²) in [6, 6.07) is 10.1. The molecule has 0 aliphatic heterocycles. The molecule has 2 aromatic carbocycles. The number of ketones is 1. The minimum Gasteiger partial charge on any atom is -0.496 e. The van der Waals surface area contributed by atoms with Gasteiger partial charge in [0, 0.05) is 11.3 Å². The highest BCUT2D eigenvalue weighted by atomic mass is 79.9. The molecule has 0 fully saturated rings. The Balaban J connectivity index is 2.46. The average molecular weight is 336 g/mol. The summed E-state index contributed by atoms with van der Waals surface area (Å²) in [4.78, 5) is 12.5. The Morgan fingerprint density at radius 2 is 1.70 bits per heavy atom. The third-order valence-electron chi connectivity index (χ3n) is 2.88. The fourth-order valence-corrected chi connectivity index (χ4v) is 2.41. The monoisotopic (exact) mass is 335 g/mol. The molecule has 4 nitrogen and oxygen atoms in total. The van der Waals surface area contributed by atoms with Crippen molar-refractivity contribution in [2.24, 2.45) is 0 Å². The zero-order chi connectivity index (χ0) is 14.7. The highest BCUT2D eigenvalue weighted by molar-refractivity contribution is 9.10. The number of nitrogen functional groups attached to an aromatic ring is 1. The van der Waals surface area contributed by atoms with Crippen molar-refractivity contribution in [2.45, 2.75) is 0 Å². The third-order valence-corrected chi connectivity index (χ3v) is 3.50. The van der Waals surface area contributed by atoms with E-state index in [-0.39, 0.29) is 5.78 Å². The van der Waals surface area contributed by atoms with Gasteiger partial charge < -0.3 is 15.2 Å². The van der Waals surface area contributed by atoms with Crippen LogP contribution < -0.4 is 15.2 Å². The molecule has 0 amide bonds. The number of halogens is 1. The average Bonchev–Trinajstić information content (AvgIpc) is 2.46. The maximum atomic E-state index is 12.5. The predicted molar refractivity (Wildman–Crippen MR) is 81.5 cm³/mol. The molecule has 0 bridgehead atoms. The molecule has 0 spiro atoms. The van der Waals surface area contributed by atoms with Gasteiger partial charge in [-0.05, 0) is 52.3 Å². The summed E-state index contributed by atoms with van der Waals surface area (Å²) >= 11 is 3.37. The number of benzene rings is 2. The van der Waals surface area contributed by atoms with Gasteiger partial charge in [0.1, 0.15) is 11.5 Å². The number of ether oxygens (including phenoxy) is 2. The second-order valence-corrected chi connectivity index (χ2v) is 4.99. The summed E-state index contributed by atoms with van der Waals surface area (Å²) in [7, 11) is 3.09. The van der Waals surface area contributed by atoms with Crippen molar-refractivity contribution in [1.82, 2.24) is 0 Å². The van der Waals surface area contributed by atoms with Gasteiger partial charge in [-0.25, -0.2) is 0 Å². The van der Waals surface area contributed by atoms with Crippen molar-refractivity contribution < 1.29 is 14.3 Å². The lowest BCUT2D eigenvalue weighted by atomic mass is 10.0. The lowest BCUT2D eigenvalue weighted by Gasteiger charge is -2.10. The maximum absolute atomic E-state index is 12.5. The van der Waals surface area contributed by atoms with E-state index in [1.54, 1.807) is 43.5 Å². The molecule has 5 heteroatoms. The van der Waals surface area contributed by atoms with Gasteiger partial charge in [0.05, 0.1) is 24.3 Å². The third kappa shape index (κ3) is 2.77. The van der Waals surface area contributed by atoms with Crippen molar-refractivity contribution in [3.8, 4) is 11.5 Å². The number of hydrogen-bond donors (Lipinski definition) is 1. The number of carbonyl (C=O) groups is 1. The number of carbonyl (C=O) groups excluding carboxylic acids is 1. The van der Waals surface area contributed by atoms with Crippen LogP contribution in [0.3, 0.4) is 0 Å². The van der Waals surface area contributed by atoms with Gasteiger partial charge in [-0.3, -0.25) is 4.79 Å². The van der Waals surface area contributed by atoms with Crippen LogP contribution >= 0.6 is 15.9 Å². The fraction of sp³-hybridized carbons (Fsp3) is 0.133. The number of hydrogen-bond acceptors (Lipinski definition) is 4. The van der Waals surface area contributed by atoms with Crippen LogP contribution in [0.25, 0.3) is 0 Å². The van der Waals surface area contributed by atoms with Crippen LogP contribution in [0.2, 0.25) is 0 Å². The highest BCUT2D eigenvalue weighted by Gasteiger charge is 2.16. The molecular formula is C15H14BrNO3. The lowest BCUT2D eigenvalue weighted by molar-refractivity contribution is 0.103. The smallest absolute Gasteiger partial charge is 0.196 e. The highest BCUT2D eigenvalue weighted by Crippen LogP contribution is 2.29. The number of rotatable bonds is 4. The first kappa shape index (κ1) is 14.4. The van der Waals surface area contributed by atoms with E-state index in [2.05, 4.69) is 15.9 Å². The van der Waals surface area contributed by atoms with Gasteiger partial charge in [-0.15, -0.1) is 0 Å². The summed E-state index contributed by atoms with van der Waals surface area (Å²) in [5.74, 6) is 1.01. The van der Waals surface area contributed by atoms with E-state index >= 15 is 0 Å². The van der Waals surface area contributed by atoms with Gasteiger partial charge in [-0.2, -0.15) is 0 Å². The van der Waals surface area contributed by atoms with Gasteiger partial charge in [0.15, 0.2) is 5.78 Å². The SMILES string of the molecule is COc1ccc(C(=O)c2cc(N)ccc2OC)cc1Br. The van der Waals surface area contributed by atoms with Crippen molar-refractivity contribution >= 4 is 27.4 Å². The fourth-order valence-electron chi connectivity index (χ4n) is 1.87. The van der Waals surface area contributed by atoms with E-state index < -0.39 is 0 Å². The molecule has 0 aliphatic carbocycles. The van der Waals surface area contributed by atoms with Gasteiger partial charge in [-0.1, -0.05) is 0 Å². The molecule has 0 saturated carbocycles. The zero-order valence-corrected chi connectivity index (χ0v) is 12.7. The second-order valence-electron chi connectivity index (χ2n) is 4.14. The Morgan fingerprint density at radius 1 is 1.05 bits per heavy atom. The molecule has 2 rings (SSSR count). The van der Waals surface area contributed by atoms with Crippen molar-refractivity contribution in [1.29, 1.82) is 0 Å². The number of anilines is 1. The van der Waals surface area contributed by atoms with Crippen LogP contribution in [0, 0.1) is 0 Å². The Hall–Kier alpha value is -2.01. The molecule has 0 heterocycles. The van der Waals surface area contributed by atoms with Crippen LogP contribution in [-0.2, 0) is 0 Å². The van der Waals surface area contributed by atoms with Gasteiger partial charge in [0.25, 0.3) is 0 Å². The molecule has 0 aromatic heterocycles. The van der Waals surface area contributed by atoms with Crippen LogP contribution in [0.1, 0.15) is 15.9 Å². The normalized spacial score (nSPS) is 10.2.